The molecule has 0 bridgehead atoms. The molecule has 2 atom stereocenters. The molecule has 3 rings (SSSR count). The molecule has 0 unspecified atom stereocenters. The molecule has 0 aliphatic carbocycles. The van der Waals surface area contributed by atoms with Gasteiger partial charge in [-0.25, -0.2) is 0 Å². The van der Waals surface area contributed by atoms with Crippen molar-refractivity contribution in [2.24, 2.45) is 0 Å². The Morgan fingerprint density at radius 2 is 2.00 bits per heavy atom. The number of carbonyl (C=O) groups excluding carboxylic acids is 1. The second-order valence-electron chi connectivity index (χ2n) is 6.46. The zero-order valence-electron chi connectivity index (χ0n) is 14.8. The Labute approximate surface area is 149 Å². The molecule has 0 fully saturated rings. The Balaban J connectivity index is 1.57. The highest BCUT2D eigenvalue weighted by atomic mass is 16.5. The van der Waals surface area contributed by atoms with Crippen LogP contribution < -0.4 is 10.1 Å². The van der Waals surface area contributed by atoms with Crippen LogP contribution in [0.1, 0.15) is 42.1 Å². The summed E-state index contributed by atoms with van der Waals surface area (Å²) in [5, 5.41) is 3.04. The highest BCUT2D eigenvalue weighted by Crippen LogP contribution is 2.29. The van der Waals surface area contributed by atoms with Crippen LogP contribution in [0.4, 0.5) is 0 Å². The zero-order valence-corrected chi connectivity index (χ0v) is 14.8. The maximum Gasteiger partial charge on any atom is 0.222 e. The van der Waals surface area contributed by atoms with Crippen LogP contribution >= 0.6 is 0 Å². The minimum atomic E-state index is -0.147. The number of rotatable bonds is 6. The third kappa shape index (κ3) is 4.20. The fraction of sp³-hybridized carbons (Fsp3) is 0.381. The van der Waals surface area contributed by atoms with Crippen LogP contribution in [-0.4, -0.2) is 26.2 Å². The van der Waals surface area contributed by atoms with Gasteiger partial charge in [0.1, 0.15) is 5.75 Å². The molecule has 25 heavy (non-hydrogen) atoms. The van der Waals surface area contributed by atoms with Crippen molar-refractivity contribution in [3.05, 3.63) is 65.2 Å². The predicted octanol–water partition coefficient (Wildman–Crippen LogP) is 3.62. The first-order chi connectivity index (χ1) is 12.2. The third-order valence-electron chi connectivity index (χ3n) is 4.74. The van der Waals surface area contributed by atoms with Crippen molar-refractivity contribution in [1.29, 1.82) is 0 Å². The number of carbonyl (C=O) groups is 1. The fourth-order valence-electron chi connectivity index (χ4n) is 3.34. The van der Waals surface area contributed by atoms with E-state index in [9.17, 15) is 4.79 Å². The highest BCUT2D eigenvalue weighted by molar-refractivity contribution is 5.76. The first-order valence-electron chi connectivity index (χ1n) is 8.78. The van der Waals surface area contributed by atoms with Gasteiger partial charge in [-0.1, -0.05) is 49.4 Å². The summed E-state index contributed by atoms with van der Waals surface area (Å²) in [4.78, 5) is 12.4. The molecule has 1 N–H and O–H groups in total. The highest BCUT2D eigenvalue weighted by Gasteiger charge is 2.23. The van der Waals surface area contributed by atoms with Crippen LogP contribution in [0.25, 0.3) is 0 Å². The molecule has 2 aromatic rings. The minimum Gasteiger partial charge on any atom is -0.496 e. The summed E-state index contributed by atoms with van der Waals surface area (Å²) in [5.41, 5.74) is 3.53. The Morgan fingerprint density at radius 3 is 2.84 bits per heavy atom. The lowest BCUT2D eigenvalue weighted by molar-refractivity contribution is -0.124. The fourth-order valence-corrected chi connectivity index (χ4v) is 3.34. The van der Waals surface area contributed by atoms with Crippen molar-refractivity contribution in [2.45, 2.75) is 31.8 Å². The van der Waals surface area contributed by atoms with Crippen molar-refractivity contribution >= 4 is 5.91 Å². The maximum atomic E-state index is 12.4. The Morgan fingerprint density at radius 1 is 1.24 bits per heavy atom. The lowest BCUT2D eigenvalue weighted by Crippen LogP contribution is -2.30. The second-order valence-corrected chi connectivity index (χ2v) is 6.46. The van der Waals surface area contributed by atoms with Gasteiger partial charge in [-0.05, 0) is 29.2 Å². The Hall–Kier alpha value is -2.33. The topological polar surface area (TPSA) is 47.6 Å². The van der Waals surface area contributed by atoms with Gasteiger partial charge in [0.2, 0.25) is 5.91 Å². The molecule has 0 saturated carbocycles. The first kappa shape index (κ1) is 17.5. The van der Waals surface area contributed by atoms with Gasteiger partial charge < -0.3 is 14.8 Å². The van der Waals surface area contributed by atoms with Crippen LogP contribution in [0.3, 0.4) is 0 Å². The molecule has 2 aromatic carbocycles. The average molecular weight is 339 g/mol. The minimum absolute atomic E-state index is 0.0171. The molecule has 4 heteroatoms. The summed E-state index contributed by atoms with van der Waals surface area (Å²) in [5.74, 6) is 1.05. The molecule has 1 aliphatic heterocycles. The molecule has 0 spiro atoms. The van der Waals surface area contributed by atoms with Gasteiger partial charge in [0.15, 0.2) is 0 Å². The summed E-state index contributed by atoms with van der Waals surface area (Å²) in [6, 6.07) is 16.1. The Bertz CT molecular complexity index is 729. The van der Waals surface area contributed by atoms with E-state index in [2.05, 4.69) is 24.4 Å². The van der Waals surface area contributed by atoms with Crippen LogP contribution in [0, 0.1) is 0 Å². The van der Waals surface area contributed by atoms with Crippen molar-refractivity contribution in [1.82, 2.24) is 5.32 Å². The number of fused-ring (bicyclic) bond motifs is 1. The smallest absolute Gasteiger partial charge is 0.222 e. The van der Waals surface area contributed by atoms with Crippen molar-refractivity contribution in [3.8, 4) is 5.75 Å². The van der Waals surface area contributed by atoms with Gasteiger partial charge in [-0.2, -0.15) is 0 Å². The summed E-state index contributed by atoms with van der Waals surface area (Å²) >= 11 is 0. The van der Waals surface area contributed by atoms with Crippen LogP contribution in [0.15, 0.2) is 48.5 Å². The van der Waals surface area contributed by atoms with Gasteiger partial charge in [0, 0.05) is 12.5 Å². The van der Waals surface area contributed by atoms with E-state index in [1.54, 1.807) is 7.11 Å². The number of benzene rings is 2. The molecule has 1 amide bonds. The number of hydrogen-bond donors (Lipinski definition) is 1. The van der Waals surface area contributed by atoms with Gasteiger partial charge in [-0.15, -0.1) is 0 Å². The van der Waals surface area contributed by atoms with E-state index in [-0.39, 0.29) is 17.9 Å². The quantitative estimate of drug-likeness (QED) is 0.874. The number of hydrogen-bond acceptors (Lipinski definition) is 3. The molecular weight excluding hydrogens is 314 g/mol. The van der Waals surface area contributed by atoms with E-state index < -0.39 is 0 Å². The average Bonchev–Trinajstić information content (AvgIpc) is 2.66. The van der Waals surface area contributed by atoms with Crippen molar-refractivity contribution in [2.75, 3.05) is 20.3 Å². The SMILES string of the molecule is COc1ccccc1[C@H](C)CNC(=O)C[C@H]1OCCc2ccccc21. The lowest BCUT2D eigenvalue weighted by Gasteiger charge is -2.26. The zero-order chi connectivity index (χ0) is 17.6. The second kappa shape index (κ2) is 8.17. The molecule has 1 aliphatic rings. The monoisotopic (exact) mass is 339 g/mol. The summed E-state index contributed by atoms with van der Waals surface area (Å²) in [6.45, 7) is 3.34. The number of methoxy groups -OCH3 is 1. The molecule has 0 radical (unpaired) electrons. The van der Waals surface area contributed by atoms with E-state index in [0.29, 0.717) is 19.6 Å². The number of para-hydroxylation sites is 1. The Kier molecular flexibility index (Phi) is 5.71. The van der Waals surface area contributed by atoms with E-state index in [1.165, 1.54) is 5.56 Å². The van der Waals surface area contributed by atoms with Crippen LogP contribution in [-0.2, 0) is 16.0 Å². The van der Waals surface area contributed by atoms with E-state index >= 15 is 0 Å². The normalized spacial score (nSPS) is 17.4. The molecule has 1 heterocycles. The van der Waals surface area contributed by atoms with Gasteiger partial charge in [0.05, 0.1) is 26.2 Å². The van der Waals surface area contributed by atoms with E-state index in [0.717, 1.165) is 23.3 Å². The van der Waals surface area contributed by atoms with E-state index in [4.69, 9.17) is 9.47 Å². The molecule has 0 saturated heterocycles. The number of nitrogens with one attached hydrogen (secondary N) is 1. The van der Waals surface area contributed by atoms with Gasteiger partial charge in [-0.3, -0.25) is 4.79 Å². The lowest BCUT2D eigenvalue weighted by atomic mass is 9.95. The molecule has 4 nitrogen and oxygen atoms in total. The molecule has 132 valence electrons. The maximum absolute atomic E-state index is 12.4. The standard InChI is InChI=1S/C21H25NO3/c1-15(17-8-5-6-10-19(17)24-2)14-22-21(23)13-20-18-9-4-3-7-16(18)11-12-25-20/h3-10,15,20H,11-14H2,1-2H3,(H,22,23)/t15-,20-/m1/s1. The third-order valence-corrected chi connectivity index (χ3v) is 4.74. The van der Waals surface area contributed by atoms with Crippen LogP contribution in [0.5, 0.6) is 5.75 Å². The summed E-state index contributed by atoms with van der Waals surface area (Å²) in [6.07, 6.45) is 1.13. The molecular formula is C21H25NO3. The van der Waals surface area contributed by atoms with Crippen LogP contribution in [0.2, 0.25) is 0 Å². The van der Waals surface area contributed by atoms with Gasteiger partial charge in [0.25, 0.3) is 0 Å². The van der Waals surface area contributed by atoms with Gasteiger partial charge >= 0.3 is 0 Å². The summed E-state index contributed by atoms with van der Waals surface area (Å²) < 4.78 is 11.2. The number of ether oxygens (including phenoxy) is 2. The van der Waals surface area contributed by atoms with Crippen molar-refractivity contribution < 1.29 is 14.3 Å². The largest absolute Gasteiger partial charge is 0.496 e. The summed E-state index contributed by atoms with van der Waals surface area (Å²) in [7, 11) is 1.67. The van der Waals surface area contributed by atoms with Crippen molar-refractivity contribution in [3.63, 3.8) is 0 Å². The first-order valence-corrected chi connectivity index (χ1v) is 8.78. The molecule has 0 aromatic heterocycles. The van der Waals surface area contributed by atoms with E-state index in [1.807, 2.05) is 36.4 Å². The predicted molar refractivity (Wildman–Crippen MR) is 97.9 cm³/mol. The number of amides is 1.